The lowest BCUT2D eigenvalue weighted by atomic mass is 10.1. The van der Waals surface area contributed by atoms with Crippen LogP contribution in [0.1, 0.15) is 21.5 Å². The number of carbonyl (C=O) groups is 1. The summed E-state index contributed by atoms with van der Waals surface area (Å²) in [6.07, 6.45) is 0. The largest absolute Gasteiger partial charge is 0.497 e. The maximum Gasteiger partial charge on any atom is 0.335 e. The lowest BCUT2D eigenvalue weighted by Gasteiger charge is -2.19. The van der Waals surface area contributed by atoms with E-state index in [-0.39, 0.29) is 0 Å². The maximum atomic E-state index is 10.9. The highest BCUT2D eigenvalue weighted by Crippen LogP contribution is 2.25. The normalized spacial score (nSPS) is 10.6. The average Bonchev–Trinajstić information content (AvgIpc) is 2.55. The molecule has 0 aliphatic carbocycles. The van der Waals surface area contributed by atoms with E-state index in [1.54, 1.807) is 26.4 Å². The zero-order valence-corrected chi connectivity index (χ0v) is 13.6. The van der Waals surface area contributed by atoms with Crippen LogP contribution < -0.4 is 9.47 Å². The Kier molecular flexibility index (Phi) is 5.60. The van der Waals surface area contributed by atoms with E-state index in [2.05, 4.69) is 4.90 Å². The highest BCUT2D eigenvalue weighted by atomic mass is 16.5. The van der Waals surface area contributed by atoms with Crippen molar-refractivity contribution in [2.24, 2.45) is 0 Å². The number of nitrogens with zero attached hydrogens (tertiary/aromatic N) is 1. The van der Waals surface area contributed by atoms with E-state index in [9.17, 15) is 4.79 Å². The van der Waals surface area contributed by atoms with Gasteiger partial charge < -0.3 is 14.6 Å². The lowest BCUT2D eigenvalue weighted by Crippen LogP contribution is -2.17. The van der Waals surface area contributed by atoms with Gasteiger partial charge in [-0.05, 0) is 30.8 Å². The van der Waals surface area contributed by atoms with Crippen LogP contribution in [0.15, 0.2) is 42.5 Å². The van der Waals surface area contributed by atoms with Crippen LogP contribution in [-0.4, -0.2) is 37.2 Å². The Labute approximate surface area is 136 Å². The fraction of sp³-hybridized carbons (Fsp3) is 0.278. The molecule has 0 atom stereocenters. The molecule has 0 bridgehead atoms. The zero-order valence-electron chi connectivity index (χ0n) is 13.6. The number of methoxy groups -OCH3 is 2. The molecule has 0 aromatic heterocycles. The molecule has 0 radical (unpaired) electrons. The Morgan fingerprint density at radius 2 is 1.74 bits per heavy atom. The average molecular weight is 315 g/mol. The predicted molar refractivity (Wildman–Crippen MR) is 88.1 cm³/mol. The van der Waals surface area contributed by atoms with Gasteiger partial charge in [-0.25, -0.2) is 4.79 Å². The van der Waals surface area contributed by atoms with E-state index in [0.29, 0.717) is 12.1 Å². The molecule has 0 fully saturated rings. The van der Waals surface area contributed by atoms with Gasteiger partial charge in [0.1, 0.15) is 11.5 Å². The van der Waals surface area contributed by atoms with Gasteiger partial charge in [-0.15, -0.1) is 0 Å². The zero-order chi connectivity index (χ0) is 16.8. The summed E-state index contributed by atoms with van der Waals surface area (Å²) in [4.78, 5) is 13.0. The number of aromatic carboxylic acids is 1. The van der Waals surface area contributed by atoms with Gasteiger partial charge in [0.2, 0.25) is 0 Å². The standard InChI is InChI=1S/C18H21NO4/c1-19(11-13-4-6-14(7-5-13)18(20)21)12-15-8-9-16(22-2)10-17(15)23-3/h4-10H,11-12H2,1-3H3,(H,20,21). The highest BCUT2D eigenvalue weighted by molar-refractivity contribution is 5.87. The molecule has 0 heterocycles. The molecular weight excluding hydrogens is 294 g/mol. The van der Waals surface area contributed by atoms with Crippen LogP contribution in [0, 0.1) is 0 Å². The molecule has 1 N–H and O–H groups in total. The van der Waals surface area contributed by atoms with E-state index >= 15 is 0 Å². The number of carboxylic acids is 1. The van der Waals surface area contributed by atoms with Gasteiger partial charge in [0.25, 0.3) is 0 Å². The minimum atomic E-state index is -0.909. The molecule has 0 amide bonds. The number of rotatable bonds is 7. The Morgan fingerprint density at radius 1 is 1.04 bits per heavy atom. The smallest absolute Gasteiger partial charge is 0.335 e. The summed E-state index contributed by atoms with van der Waals surface area (Å²) in [6.45, 7) is 1.43. The molecule has 5 heteroatoms. The predicted octanol–water partition coefficient (Wildman–Crippen LogP) is 3.03. The molecular formula is C18H21NO4. The minimum absolute atomic E-state index is 0.299. The molecule has 0 saturated heterocycles. The summed E-state index contributed by atoms with van der Waals surface area (Å²) < 4.78 is 10.6. The molecule has 0 unspecified atom stereocenters. The molecule has 0 aliphatic rings. The molecule has 122 valence electrons. The number of benzene rings is 2. The lowest BCUT2D eigenvalue weighted by molar-refractivity contribution is 0.0697. The Balaban J connectivity index is 2.04. The monoisotopic (exact) mass is 315 g/mol. The van der Waals surface area contributed by atoms with E-state index in [0.717, 1.165) is 29.2 Å². The minimum Gasteiger partial charge on any atom is -0.497 e. The van der Waals surface area contributed by atoms with Crippen molar-refractivity contribution in [3.8, 4) is 11.5 Å². The quantitative estimate of drug-likeness (QED) is 0.851. The van der Waals surface area contributed by atoms with Crippen molar-refractivity contribution < 1.29 is 19.4 Å². The van der Waals surface area contributed by atoms with E-state index in [1.165, 1.54) is 0 Å². The summed E-state index contributed by atoms with van der Waals surface area (Å²) in [5, 5.41) is 8.92. The van der Waals surface area contributed by atoms with Crippen molar-refractivity contribution in [1.29, 1.82) is 0 Å². The summed E-state index contributed by atoms with van der Waals surface area (Å²) in [5.74, 6) is 0.641. The van der Waals surface area contributed by atoms with Crippen molar-refractivity contribution in [3.63, 3.8) is 0 Å². The molecule has 5 nitrogen and oxygen atoms in total. The molecule has 23 heavy (non-hydrogen) atoms. The fourth-order valence-electron chi connectivity index (χ4n) is 2.39. The van der Waals surface area contributed by atoms with Crippen LogP contribution in [0.25, 0.3) is 0 Å². The molecule has 2 rings (SSSR count). The van der Waals surface area contributed by atoms with Crippen molar-refractivity contribution in [3.05, 3.63) is 59.2 Å². The van der Waals surface area contributed by atoms with Crippen LogP contribution in [0.2, 0.25) is 0 Å². The van der Waals surface area contributed by atoms with Gasteiger partial charge in [0.15, 0.2) is 0 Å². The van der Waals surface area contributed by atoms with E-state index in [4.69, 9.17) is 14.6 Å². The summed E-state index contributed by atoms with van der Waals surface area (Å²) in [7, 11) is 5.28. The van der Waals surface area contributed by atoms with Crippen LogP contribution >= 0.6 is 0 Å². The molecule has 0 aliphatic heterocycles. The van der Waals surface area contributed by atoms with Gasteiger partial charge in [-0.2, -0.15) is 0 Å². The topological polar surface area (TPSA) is 59.0 Å². The van der Waals surface area contributed by atoms with Crippen molar-refractivity contribution in [2.45, 2.75) is 13.1 Å². The highest BCUT2D eigenvalue weighted by Gasteiger charge is 2.09. The van der Waals surface area contributed by atoms with Crippen molar-refractivity contribution in [2.75, 3.05) is 21.3 Å². The van der Waals surface area contributed by atoms with Crippen LogP contribution in [0.3, 0.4) is 0 Å². The number of ether oxygens (including phenoxy) is 2. The van der Waals surface area contributed by atoms with Gasteiger partial charge >= 0.3 is 5.97 Å². The summed E-state index contributed by atoms with van der Waals surface area (Å²) in [6, 6.07) is 12.7. The second kappa shape index (κ2) is 7.65. The second-order valence-corrected chi connectivity index (χ2v) is 5.35. The first kappa shape index (κ1) is 16.8. The van der Waals surface area contributed by atoms with Gasteiger partial charge in [0, 0.05) is 24.7 Å². The third-order valence-corrected chi connectivity index (χ3v) is 3.59. The molecule has 0 saturated carbocycles. The van der Waals surface area contributed by atoms with E-state index < -0.39 is 5.97 Å². The molecule has 2 aromatic carbocycles. The second-order valence-electron chi connectivity index (χ2n) is 5.35. The number of hydrogen-bond donors (Lipinski definition) is 1. The fourth-order valence-corrected chi connectivity index (χ4v) is 2.39. The molecule has 0 spiro atoms. The first-order valence-corrected chi connectivity index (χ1v) is 7.25. The first-order valence-electron chi connectivity index (χ1n) is 7.25. The van der Waals surface area contributed by atoms with Crippen LogP contribution in [0.4, 0.5) is 0 Å². The Hall–Kier alpha value is -2.53. The third kappa shape index (κ3) is 4.47. The molecule has 2 aromatic rings. The number of carboxylic acid groups (broad SMARTS) is 1. The van der Waals surface area contributed by atoms with Crippen molar-refractivity contribution >= 4 is 5.97 Å². The van der Waals surface area contributed by atoms with Gasteiger partial charge in [-0.1, -0.05) is 18.2 Å². The van der Waals surface area contributed by atoms with E-state index in [1.807, 2.05) is 37.4 Å². The van der Waals surface area contributed by atoms with Crippen LogP contribution in [0.5, 0.6) is 11.5 Å². The maximum absolute atomic E-state index is 10.9. The Bertz CT molecular complexity index is 667. The number of hydrogen-bond acceptors (Lipinski definition) is 4. The third-order valence-electron chi connectivity index (χ3n) is 3.59. The van der Waals surface area contributed by atoms with Gasteiger partial charge in [-0.3, -0.25) is 4.90 Å². The summed E-state index contributed by atoms with van der Waals surface area (Å²) >= 11 is 0. The van der Waals surface area contributed by atoms with Gasteiger partial charge in [0.05, 0.1) is 19.8 Å². The SMILES string of the molecule is COc1ccc(CN(C)Cc2ccc(C(=O)O)cc2)c(OC)c1. The van der Waals surface area contributed by atoms with Crippen molar-refractivity contribution in [1.82, 2.24) is 4.90 Å². The first-order chi connectivity index (χ1) is 11.0. The Morgan fingerprint density at radius 3 is 2.30 bits per heavy atom. The summed E-state index contributed by atoms with van der Waals surface area (Å²) in [5.41, 5.74) is 2.43. The van der Waals surface area contributed by atoms with Crippen LogP contribution in [-0.2, 0) is 13.1 Å².